The number of pyridine rings is 1. The van der Waals surface area contributed by atoms with Crippen molar-refractivity contribution >= 4 is 11.6 Å². The van der Waals surface area contributed by atoms with Gasteiger partial charge < -0.3 is 9.88 Å². The normalized spacial score (nSPS) is 10.8. The standard InChI is InChI=1S/C18H22N2O2/c1-12(2)16-7-5-6-8-17(16)19-18(22)11-20-13(3)9-15(21)10-14(20)4/h5-10,12H,11H2,1-4H3,(H,19,22). The summed E-state index contributed by atoms with van der Waals surface area (Å²) in [7, 11) is 0. The van der Waals surface area contributed by atoms with Crippen molar-refractivity contribution < 1.29 is 4.79 Å². The van der Waals surface area contributed by atoms with Gasteiger partial charge in [0, 0.05) is 29.2 Å². The van der Waals surface area contributed by atoms with Gasteiger partial charge in [0.2, 0.25) is 5.91 Å². The molecule has 0 saturated carbocycles. The summed E-state index contributed by atoms with van der Waals surface area (Å²) in [6.45, 7) is 8.07. The van der Waals surface area contributed by atoms with E-state index in [0.717, 1.165) is 22.6 Å². The summed E-state index contributed by atoms with van der Waals surface area (Å²) in [6.07, 6.45) is 0. The number of nitrogens with one attached hydrogen (secondary N) is 1. The van der Waals surface area contributed by atoms with Gasteiger partial charge >= 0.3 is 0 Å². The summed E-state index contributed by atoms with van der Waals surface area (Å²) in [4.78, 5) is 23.8. The lowest BCUT2D eigenvalue weighted by atomic mass is 10.0. The fraction of sp³-hybridized carbons (Fsp3) is 0.333. The minimum Gasteiger partial charge on any atom is -0.340 e. The third-order valence-electron chi connectivity index (χ3n) is 3.71. The van der Waals surface area contributed by atoms with Crippen LogP contribution in [0.4, 0.5) is 5.69 Å². The zero-order valence-corrected chi connectivity index (χ0v) is 13.5. The number of benzene rings is 1. The van der Waals surface area contributed by atoms with Gasteiger partial charge in [0.05, 0.1) is 0 Å². The highest BCUT2D eigenvalue weighted by Gasteiger charge is 2.11. The van der Waals surface area contributed by atoms with Gasteiger partial charge in [-0.3, -0.25) is 9.59 Å². The molecule has 2 rings (SSSR count). The van der Waals surface area contributed by atoms with Crippen molar-refractivity contribution in [1.29, 1.82) is 0 Å². The van der Waals surface area contributed by atoms with Crippen LogP contribution < -0.4 is 10.7 Å². The Kier molecular flexibility index (Phi) is 4.81. The first-order valence-electron chi connectivity index (χ1n) is 7.45. The molecular weight excluding hydrogens is 276 g/mol. The van der Waals surface area contributed by atoms with Crippen molar-refractivity contribution in [1.82, 2.24) is 4.57 Å². The zero-order valence-electron chi connectivity index (χ0n) is 13.5. The van der Waals surface area contributed by atoms with Gasteiger partial charge in [0.1, 0.15) is 6.54 Å². The molecule has 0 radical (unpaired) electrons. The summed E-state index contributed by atoms with van der Waals surface area (Å²) >= 11 is 0. The molecule has 0 bridgehead atoms. The van der Waals surface area contributed by atoms with Crippen LogP contribution in [0.3, 0.4) is 0 Å². The van der Waals surface area contributed by atoms with E-state index in [2.05, 4.69) is 19.2 Å². The Hall–Kier alpha value is -2.36. The van der Waals surface area contributed by atoms with Crippen LogP contribution in [0.1, 0.15) is 36.7 Å². The number of para-hydroxylation sites is 1. The first-order valence-corrected chi connectivity index (χ1v) is 7.45. The summed E-state index contributed by atoms with van der Waals surface area (Å²) in [5.41, 5.74) is 3.51. The van der Waals surface area contributed by atoms with Crippen LogP contribution in [0.2, 0.25) is 0 Å². The summed E-state index contributed by atoms with van der Waals surface area (Å²) in [5.74, 6) is 0.246. The summed E-state index contributed by atoms with van der Waals surface area (Å²) in [6, 6.07) is 10.9. The van der Waals surface area contributed by atoms with Gasteiger partial charge in [-0.25, -0.2) is 0 Å². The Bertz CT molecular complexity index is 719. The van der Waals surface area contributed by atoms with Crippen molar-refractivity contribution in [3.05, 3.63) is 63.6 Å². The Labute approximate surface area is 130 Å². The average molecular weight is 298 g/mol. The first-order chi connectivity index (χ1) is 10.4. The third kappa shape index (κ3) is 3.64. The molecule has 2 aromatic rings. The molecule has 22 heavy (non-hydrogen) atoms. The largest absolute Gasteiger partial charge is 0.340 e. The molecule has 0 atom stereocenters. The van der Waals surface area contributed by atoms with E-state index in [4.69, 9.17) is 0 Å². The molecule has 0 unspecified atom stereocenters. The number of nitrogens with zero attached hydrogens (tertiary/aromatic N) is 1. The van der Waals surface area contributed by atoms with Crippen LogP contribution in [0, 0.1) is 13.8 Å². The Morgan fingerprint density at radius 3 is 2.32 bits per heavy atom. The van der Waals surface area contributed by atoms with Gasteiger partial charge in [-0.1, -0.05) is 32.0 Å². The number of carbonyl (C=O) groups is 1. The van der Waals surface area contributed by atoms with Crippen molar-refractivity contribution in [3.63, 3.8) is 0 Å². The molecular formula is C18H22N2O2. The predicted octanol–water partition coefficient (Wildman–Crippen LogP) is 3.23. The van der Waals surface area contributed by atoms with E-state index < -0.39 is 0 Å². The van der Waals surface area contributed by atoms with E-state index >= 15 is 0 Å². The van der Waals surface area contributed by atoms with Gasteiger partial charge in [0.25, 0.3) is 0 Å². The topological polar surface area (TPSA) is 51.1 Å². The highest BCUT2D eigenvalue weighted by atomic mass is 16.2. The van der Waals surface area contributed by atoms with Gasteiger partial charge in [-0.05, 0) is 31.4 Å². The van der Waals surface area contributed by atoms with Crippen molar-refractivity contribution in [3.8, 4) is 0 Å². The van der Waals surface area contributed by atoms with E-state index in [9.17, 15) is 9.59 Å². The molecule has 116 valence electrons. The number of aromatic nitrogens is 1. The fourth-order valence-electron chi connectivity index (χ4n) is 2.58. The quantitative estimate of drug-likeness (QED) is 0.942. The second-order valence-electron chi connectivity index (χ2n) is 5.85. The van der Waals surface area contributed by atoms with E-state index in [1.54, 1.807) is 12.1 Å². The Morgan fingerprint density at radius 2 is 1.73 bits per heavy atom. The molecule has 1 aromatic carbocycles. The Balaban J connectivity index is 2.20. The molecule has 1 N–H and O–H groups in total. The highest BCUT2D eigenvalue weighted by Crippen LogP contribution is 2.23. The maximum absolute atomic E-state index is 12.3. The molecule has 0 aliphatic heterocycles. The monoisotopic (exact) mass is 298 g/mol. The van der Waals surface area contributed by atoms with Crippen LogP contribution in [0.25, 0.3) is 0 Å². The molecule has 0 aliphatic rings. The van der Waals surface area contributed by atoms with Crippen LogP contribution in [0.5, 0.6) is 0 Å². The lowest BCUT2D eigenvalue weighted by Gasteiger charge is -2.16. The number of anilines is 1. The lowest BCUT2D eigenvalue weighted by Crippen LogP contribution is -2.23. The van der Waals surface area contributed by atoms with E-state index in [1.165, 1.54) is 0 Å². The van der Waals surface area contributed by atoms with Crippen molar-refractivity contribution in [2.75, 3.05) is 5.32 Å². The van der Waals surface area contributed by atoms with Gasteiger partial charge in [0.15, 0.2) is 5.43 Å². The zero-order chi connectivity index (χ0) is 16.3. The van der Waals surface area contributed by atoms with Crippen LogP contribution in [-0.2, 0) is 11.3 Å². The highest BCUT2D eigenvalue weighted by molar-refractivity contribution is 5.91. The number of hydrogen-bond acceptors (Lipinski definition) is 2. The van der Waals surface area contributed by atoms with Gasteiger partial charge in [-0.15, -0.1) is 0 Å². The SMILES string of the molecule is Cc1cc(=O)cc(C)n1CC(=O)Nc1ccccc1C(C)C. The maximum atomic E-state index is 12.3. The molecule has 0 spiro atoms. The number of amides is 1. The smallest absolute Gasteiger partial charge is 0.244 e. The molecule has 0 fully saturated rings. The minimum absolute atomic E-state index is 0.0307. The van der Waals surface area contributed by atoms with E-state index in [0.29, 0.717) is 5.92 Å². The third-order valence-corrected chi connectivity index (χ3v) is 3.71. The number of rotatable bonds is 4. The van der Waals surface area contributed by atoms with Crippen LogP contribution in [-0.4, -0.2) is 10.5 Å². The number of aryl methyl sites for hydroxylation is 2. The fourth-order valence-corrected chi connectivity index (χ4v) is 2.58. The maximum Gasteiger partial charge on any atom is 0.244 e. The predicted molar refractivity (Wildman–Crippen MR) is 89.3 cm³/mol. The first kappa shape index (κ1) is 16.0. The van der Waals surface area contributed by atoms with Crippen LogP contribution >= 0.6 is 0 Å². The minimum atomic E-state index is -0.0945. The van der Waals surface area contributed by atoms with Crippen LogP contribution in [0.15, 0.2) is 41.2 Å². The summed E-state index contributed by atoms with van der Waals surface area (Å²) in [5, 5.41) is 2.97. The number of hydrogen-bond donors (Lipinski definition) is 1. The molecule has 0 saturated heterocycles. The second-order valence-corrected chi connectivity index (χ2v) is 5.85. The van der Waals surface area contributed by atoms with E-state index in [-0.39, 0.29) is 17.9 Å². The average Bonchev–Trinajstić information content (AvgIpc) is 2.43. The Morgan fingerprint density at radius 1 is 1.14 bits per heavy atom. The lowest BCUT2D eigenvalue weighted by molar-refractivity contribution is -0.116. The number of carbonyl (C=O) groups excluding carboxylic acids is 1. The molecule has 4 heteroatoms. The molecule has 1 heterocycles. The van der Waals surface area contributed by atoms with Crippen molar-refractivity contribution in [2.45, 2.75) is 40.2 Å². The van der Waals surface area contributed by atoms with Crippen molar-refractivity contribution in [2.24, 2.45) is 0 Å². The second kappa shape index (κ2) is 6.60. The molecule has 0 aliphatic carbocycles. The van der Waals surface area contributed by atoms with Gasteiger partial charge in [-0.2, -0.15) is 0 Å². The molecule has 1 aromatic heterocycles. The summed E-state index contributed by atoms with van der Waals surface area (Å²) < 4.78 is 1.84. The molecule has 4 nitrogen and oxygen atoms in total. The molecule has 1 amide bonds. The van der Waals surface area contributed by atoms with E-state index in [1.807, 2.05) is 42.7 Å².